The minimum absolute atomic E-state index is 0.281. The zero-order valence-corrected chi connectivity index (χ0v) is 19.9. The van der Waals surface area contributed by atoms with Crippen LogP contribution in [0.1, 0.15) is 35.7 Å². The van der Waals surface area contributed by atoms with Gasteiger partial charge in [0.1, 0.15) is 28.6 Å². The van der Waals surface area contributed by atoms with Crippen molar-refractivity contribution in [3.63, 3.8) is 0 Å². The number of primary amides is 1. The first-order valence-electron chi connectivity index (χ1n) is 11.0. The molecule has 3 N–H and O–H groups in total. The Hall–Kier alpha value is -2.59. The van der Waals surface area contributed by atoms with Crippen LogP contribution in [0, 0.1) is 5.92 Å². The van der Waals surface area contributed by atoms with Gasteiger partial charge in [-0.3, -0.25) is 4.79 Å². The number of anilines is 1. The number of hydrogen-bond acceptors (Lipinski definition) is 5. The smallest absolute Gasteiger partial charge is 0.254 e. The molecule has 2 aromatic carbocycles. The Morgan fingerprint density at radius 2 is 1.72 bits per heavy atom. The highest BCUT2D eigenvalue weighted by atomic mass is 127. The van der Waals surface area contributed by atoms with Crippen LogP contribution in [-0.2, 0) is 0 Å². The van der Waals surface area contributed by atoms with Gasteiger partial charge in [-0.25, -0.2) is 7.80 Å². The van der Waals surface area contributed by atoms with Crippen LogP contribution in [-0.4, -0.2) is 38.4 Å². The number of nitrogens with one attached hydrogen (secondary N) is 1. The molecule has 0 bridgehead atoms. The van der Waals surface area contributed by atoms with Crippen LogP contribution in [0.15, 0.2) is 54.6 Å². The Labute approximate surface area is 201 Å². The van der Waals surface area contributed by atoms with E-state index in [1.165, 1.54) is 0 Å². The van der Waals surface area contributed by atoms with Gasteiger partial charge in [0, 0.05) is 48.1 Å². The topological polar surface area (TPSA) is 85.4 Å². The van der Waals surface area contributed by atoms with Gasteiger partial charge in [-0.2, -0.15) is 5.10 Å². The molecule has 1 amide bonds. The lowest BCUT2D eigenvalue weighted by Gasteiger charge is -2.36. The molecule has 32 heavy (non-hydrogen) atoms. The average molecular weight is 543 g/mol. The monoisotopic (exact) mass is 543 g/mol. The molecule has 0 spiro atoms. The van der Waals surface area contributed by atoms with Crippen LogP contribution >= 0.6 is 22.9 Å². The Morgan fingerprint density at radius 3 is 2.41 bits per heavy atom. The Bertz CT molecular complexity index is 1090. The highest BCUT2D eigenvalue weighted by molar-refractivity contribution is 14.1. The van der Waals surface area contributed by atoms with Gasteiger partial charge in [0.25, 0.3) is 5.91 Å². The SMILES string of the molecule is NC(=O)c1c(-c2ccc(Oc3ccccc3)cc2)nn2c1NCCC2C1CCN(I)CC1. The van der Waals surface area contributed by atoms with Crippen LogP contribution in [0.25, 0.3) is 11.3 Å². The van der Waals surface area contributed by atoms with Gasteiger partial charge in [0.05, 0.1) is 6.04 Å². The van der Waals surface area contributed by atoms with Crippen molar-refractivity contribution >= 4 is 34.6 Å². The normalized spacial score (nSPS) is 19.2. The molecule has 166 valence electrons. The van der Waals surface area contributed by atoms with Crippen molar-refractivity contribution in [1.29, 1.82) is 0 Å². The summed E-state index contributed by atoms with van der Waals surface area (Å²) in [5, 5.41) is 8.32. The predicted octanol–water partition coefficient (Wildman–Crippen LogP) is 4.86. The quantitative estimate of drug-likeness (QED) is 0.355. The summed E-state index contributed by atoms with van der Waals surface area (Å²) in [5.74, 6) is 2.36. The first-order chi connectivity index (χ1) is 15.6. The summed E-state index contributed by atoms with van der Waals surface area (Å²) < 4.78 is 10.3. The van der Waals surface area contributed by atoms with E-state index in [9.17, 15) is 4.79 Å². The molecule has 3 aromatic rings. The van der Waals surface area contributed by atoms with Crippen LogP contribution in [0.4, 0.5) is 5.82 Å². The Balaban J connectivity index is 1.46. The number of rotatable bonds is 5. The van der Waals surface area contributed by atoms with Crippen molar-refractivity contribution in [2.24, 2.45) is 11.7 Å². The molecule has 0 saturated carbocycles. The van der Waals surface area contributed by atoms with Crippen LogP contribution in [0.2, 0.25) is 0 Å². The van der Waals surface area contributed by atoms with E-state index in [-0.39, 0.29) is 6.04 Å². The van der Waals surface area contributed by atoms with Crippen LogP contribution in [0.5, 0.6) is 11.5 Å². The van der Waals surface area contributed by atoms with Gasteiger partial charge in [-0.1, -0.05) is 18.2 Å². The maximum absolute atomic E-state index is 12.5. The van der Waals surface area contributed by atoms with Crippen molar-refractivity contribution in [3.05, 3.63) is 60.2 Å². The van der Waals surface area contributed by atoms with Gasteiger partial charge in [-0.15, -0.1) is 0 Å². The highest BCUT2D eigenvalue weighted by Crippen LogP contribution is 2.40. The molecule has 8 heteroatoms. The number of nitrogens with two attached hydrogens (primary N) is 1. The maximum Gasteiger partial charge on any atom is 0.254 e. The molecule has 1 aromatic heterocycles. The Kier molecular flexibility index (Phi) is 6.05. The van der Waals surface area contributed by atoms with Crippen LogP contribution in [0.3, 0.4) is 0 Å². The van der Waals surface area contributed by atoms with Crippen molar-refractivity contribution in [2.75, 3.05) is 25.0 Å². The lowest BCUT2D eigenvalue weighted by Crippen LogP contribution is -2.35. The summed E-state index contributed by atoms with van der Waals surface area (Å²) in [7, 11) is 0. The molecule has 0 radical (unpaired) electrons. The molecule has 2 aliphatic rings. The second kappa shape index (κ2) is 9.11. The number of ether oxygens (including phenoxy) is 1. The van der Waals surface area contributed by atoms with Crippen molar-refractivity contribution in [1.82, 2.24) is 12.9 Å². The zero-order chi connectivity index (χ0) is 22.1. The van der Waals surface area contributed by atoms with E-state index in [1.54, 1.807) is 0 Å². The van der Waals surface area contributed by atoms with Gasteiger partial charge >= 0.3 is 0 Å². The van der Waals surface area contributed by atoms with Crippen LogP contribution < -0.4 is 15.8 Å². The first-order valence-corrected chi connectivity index (χ1v) is 12.0. The molecule has 1 atom stereocenters. The molecule has 2 aliphatic heterocycles. The van der Waals surface area contributed by atoms with E-state index >= 15 is 0 Å². The van der Waals surface area contributed by atoms with E-state index in [1.807, 2.05) is 59.3 Å². The number of carbonyl (C=O) groups is 1. The third kappa shape index (κ3) is 4.21. The van der Waals surface area contributed by atoms with Crippen molar-refractivity contribution in [3.8, 4) is 22.8 Å². The molecule has 0 aliphatic carbocycles. The molecule has 7 nitrogen and oxygen atoms in total. The number of nitrogens with zero attached hydrogens (tertiary/aromatic N) is 3. The predicted molar refractivity (Wildman–Crippen MR) is 133 cm³/mol. The highest BCUT2D eigenvalue weighted by Gasteiger charge is 2.35. The number of halogens is 1. The second-order valence-electron chi connectivity index (χ2n) is 8.35. The van der Waals surface area contributed by atoms with Gasteiger partial charge in [0.15, 0.2) is 0 Å². The summed E-state index contributed by atoms with van der Waals surface area (Å²) in [5.41, 5.74) is 7.78. The van der Waals surface area contributed by atoms with E-state index in [2.05, 4.69) is 31.3 Å². The number of fused-ring (bicyclic) bond motifs is 1. The third-order valence-electron chi connectivity index (χ3n) is 6.34. The lowest BCUT2D eigenvalue weighted by molar-refractivity contribution is 0.100. The van der Waals surface area contributed by atoms with Crippen molar-refractivity contribution in [2.45, 2.75) is 25.3 Å². The summed E-state index contributed by atoms with van der Waals surface area (Å²) in [6.45, 7) is 3.00. The first kappa shape index (κ1) is 21.3. The fraction of sp³-hybridized carbons (Fsp3) is 0.333. The number of amides is 1. The Morgan fingerprint density at radius 1 is 1.03 bits per heavy atom. The maximum atomic E-state index is 12.5. The lowest BCUT2D eigenvalue weighted by atomic mass is 9.87. The number of para-hydroxylation sites is 1. The van der Waals surface area contributed by atoms with E-state index in [0.717, 1.165) is 61.8 Å². The van der Waals surface area contributed by atoms with Gasteiger partial charge in [-0.05, 0) is 61.6 Å². The van der Waals surface area contributed by atoms with E-state index in [4.69, 9.17) is 15.6 Å². The minimum Gasteiger partial charge on any atom is -0.457 e. The molecule has 1 fully saturated rings. The summed E-state index contributed by atoms with van der Waals surface area (Å²) in [4.78, 5) is 12.5. The zero-order valence-electron chi connectivity index (χ0n) is 17.7. The molecule has 1 saturated heterocycles. The molecule has 1 unspecified atom stereocenters. The van der Waals surface area contributed by atoms with Gasteiger partial charge in [0.2, 0.25) is 0 Å². The molecule has 5 rings (SSSR count). The number of carbonyl (C=O) groups excluding carboxylic acids is 1. The fourth-order valence-corrected chi connectivity index (χ4v) is 5.29. The molecular formula is C24H26IN5O2. The minimum atomic E-state index is -0.457. The largest absolute Gasteiger partial charge is 0.457 e. The standard InChI is InChI=1S/C24H26IN5O2/c25-29-14-11-16(12-15-29)20-10-13-27-24-21(23(26)31)22(28-30(20)24)17-6-8-19(9-7-17)32-18-4-2-1-3-5-18/h1-9,16,20,27H,10-15H2,(H2,26,31). The van der Waals surface area contributed by atoms with E-state index in [0.29, 0.717) is 17.2 Å². The second-order valence-corrected chi connectivity index (χ2v) is 9.72. The summed E-state index contributed by atoms with van der Waals surface area (Å²) in [6.07, 6.45) is 3.28. The molecule has 3 heterocycles. The number of aromatic nitrogens is 2. The fourth-order valence-electron chi connectivity index (χ4n) is 4.73. The number of piperidine rings is 1. The van der Waals surface area contributed by atoms with Gasteiger partial charge < -0.3 is 15.8 Å². The third-order valence-corrected chi connectivity index (χ3v) is 7.30. The summed E-state index contributed by atoms with van der Waals surface area (Å²) >= 11 is 2.40. The number of hydrogen-bond donors (Lipinski definition) is 2. The summed E-state index contributed by atoms with van der Waals surface area (Å²) in [6, 6.07) is 17.6. The molecular weight excluding hydrogens is 517 g/mol. The average Bonchev–Trinajstić information content (AvgIpc) is 3.21. The van der Waals surface area contributed by atoms with Crippen molar-refractivity contribution < 1.29 is 9.53 Å². The van der Waals surface area contributed by atoms with E-state index < -0.39 is 5.91 Å². The number of benzene rings is 2.